The second-order valence-corrected chi connectivity index (χ2v) is 7.47. The van der Waals surface area contributed by atoms with E-state index in [2.05, 4.69) is 0 Å². The summed E-state index contributed by atoms with van der Waals surface area (Å²) in [4.78, 5) is 13.1. The summed E-state index contributed by atoms with van der Waals surface area (Å²) in [6.45, 7) is 0. The van der Waals surface area contributed by atoms with Crippen molar-refractivity contribution in [3.8, 4) is 5.75 Å². The molecule has 22 heavy (non-hydrogen) atoms. The molecule has 2 aliphatic rings. The van der Waals surface area contributed by atoms with Gasteiger partial charge in [-0.2, -0.15) is 11.8 Å². The molecule has 4 unspecified atom stereocenters. The normalized spacial score (nSPS) is 31.9. The van der Waals surface area contributed by atoms with Crippen LogP contribution in [0.5, 0.6) is 5.75 Å². The summed E-state index contributed by atoms with van der Waals surface area (Å²) in [7, 11) is 1.86. The topological polar surface area (TPSA) is 74.9 Å². The maximum atomic E-state index is 11.2. The molecule has 0 amide bonds. The minimum absolute atomic E-state index is 0. The molecule has 2 heterocycles. The van der Waals surface area contributed by atoms with Gasteiger partial charge in [0.1, 0.15) is 11.8 Å². The summed E-state index contributed by atoms with van der Waals surface area (Å²) >= 11 is 3.36. The average Bonchev–Trinajstić information content (AvgIpc) is 3.05. The number of hydrogen-bond donors (Lipinski definition) is 2. The molecule has 8 heteroatoms. The quantitative estimate of drug-likeness (QED) is 0.783. The third kappa shape index (κ3) is 3.42. The number of aromatic hydroxyl groups is 1. The van der Waals surface area contributed by atoms with E-state index in [-0.39, 0.29) is 39.6 Å². The fourth-order valence-electron chi connectivity index (χ4n) is 2.70. The zero-order valence-corrected chi connectivity index (χ0v) is 14.6. The zero-order valence-electron chi connectivity index (χ0n) is 11.9. The number of carboxylic acids is 1. The van der Waals surface area contributed by atoms with Crippen molar-refractivity contribution < 1.29 is 32.1 Å². The van der Waals surface area contributed by atoms with Crippen LogP contribution in [0.4, 0.5) is 0 Å². The van der Waals surface area contributed by atoms with Crippen molar-refractivity contribution in [3.63, 3.8) is 0 Å². The van der Waals surface area contributed by atoms with E-state index in [1.807, 2.05) is 24.1 Å². The first kappa shape index (κ1) is 18.0. The smallest absolute Gasteiger partial charge is 0.641 e. The van der Waals surface area contributed by atoms with E-state index in [4.69, 9.17) is 5.32 Å². The standard InChI is InChI=1S/C14H17N2O3S2.Fe/c1-16-10(14(18)19)7-21-13(16)9-6-20-12(15-9)8-4-2-3-5-11(8)17;/h2-5,9-10,12-13,17H,6-7H2,1H3,(H,18,19);/q-1;+2. The summed E-state index contributed by atoms with van der Waals surface area (Å²) in [6, 6.07) is 6.94. The number of carboxylic acid groups (broad SMARTS) is 1. The van der Waals surface area contributed by atoms with E-state index in [0.29, 0.717) is 5.75 Å². The van der Waals surface area contributed by atoms with Gasteiger partial charge in [-0.25, -0.2) is 0 Å². The van der Waals surface area contributed by atoms with Crippen molar-refractivity contribution in [2.45, 2.75) is 22.8 Å². The largest absolute Gasteiger partial charge is 2.00 e. The number of carbonyl (C=O) groups is 1. The predicted molar refractivity (Wildman–Crippen MR) is 85.9 cm³/mol. The molecule has 5 nitrogen and oxygen atoms in total. The van der Waals surface area contributed by atoms with Crippen molar-refractivity contribution in [1.82, 2.24) is 4.90 Å². The van der Waals surface area contributed by atoms with Crippen LogP contribution < -0.4 is 0 Å². The Balaban J connectivity index is 0.00000176. The SMILES string of the molecule is CN1C(C(=O)O)CSC1C1CSC(c2ccccc2O)[N-]1.[Fe+2]. The van der Waals surface area contributed by atoms with Crippen molar-refractivity contribution in [3.05, 3.63) is 35.1 Å². The fourth-order valence-corrected chi connectivity index (χ4v) is 5.62. The molecule has 2 aliphatic heterocycles. The zero-order chi connectivity index (χ0) is 15.0. The van der Waals surface area contributed by atoms with Gasteiger partial charge in [-0.1, -0.05) is 23.6 Å². The first-order chi connectivity index (χ1) is 10.1. The summed E-state index contributed by atoms with van der Waals surface area (Å²) < 4.78 is 0. The van der Waals surface area contributed by atoms with E-state index < -0.39 is 12.0 Å². The Bertz CT molecular complexity index is 549. The van der Waals surface area contributed by atoms with E-state index in [0.717, 1.165) is 11.3 Å². The third-order valence-corrected chi connectivity index (χ3v) is 6.61. The third-order valence-electron chi connectivity index (χ3n) is 3.89. The maximum absolute atomic E-state index is 11.2. The van der Waals surface area contributed by atoms with E-state index in [9.17, 15) is 15.0 Å². The molecule has 2 saturated heterocycles. The number of para-hydroxylation sites is 1. The first-order valence-electron chi connectivity index (χ1n) is 6.73. The Morgan fingerprint density at radius 3 is 2.68 bits per heavy atom. The van der Waals surface area contributed by atoms with Gasteiger partial charge in [0.25, 0.3) is 0 Å². The van der Waals surface area contributed by atoms with Crippen LogP contribution in [0.25, 0.3) is 5.32 Å². The monoisotopic (exact) mass is 381 g/mol. The molecule has 0 aliphatic carbocycles. The Labute approximate surface area is 148 Å². The van der Waals surface area contributed by atoms with Crippen molar-refractivity contribution in [2.24, 2.45) is 0 Å². The van der Waals surface area contributed by atoms with Crippen LogP contribution in [0, 0.1) is 0 Å². The van der Waals surface area contributed by atoms with Crippen molar-refractivity contribution in [1.29, 1.82) is 0 Å². The van der Waals surface area contributed by atoms with Crippen LogP contribution >= 0.6 is 23.5 Å². The number of aliphatic carboxylic acids is 1. The molecule has 2 fully saturated rings. The Morgan fingerprint density at radius 2 is 2.05 bits per heavy atom. The number of likely N-dealkylation sites (N-methyl/N-ethyl adjacent to an activating group) is 1. The number of rotatable bonds is 3. The van der Waals surface area contributed by atoms with Gasteiger partial charge in [-0.15, -0.1) is 17.8 Å². The average molecular weight is 381 g/mol. The second-order valence-electron chi connectivity index (χ2n) is 5.20. The number of nitrogens with zero attached hydrogens (tertiary/aromatic N) is 2. The molecule has 0 saturated carbocycles. The van der Waals surface area contributed by atoms with E-state index in [1.165, 1.54) is 0 Å². The minimum atomic E-state index is -0.768. The Hall–Kier alpha value is -0.371. The van der Waals surface area contributed by atoms with Gasteiger partial charge in [0, 0.05) is 11.1 Å². The molecule has 120 valence electrons. The summed E-state index contributed by atoms with van der Waals surface area (Å²) in [5.41, 5.74) is 0.838. The van der Waals surface area contributed by atoms with Gasteiger partial charge in [-0.05, 0) is 24.4 Å². The second kappa shape index (κ2) is 7.47. The summed E-state index contributed by atoms with van der Waals surface area (Å²) in [5, 5.41) is 23.9. The van der Waals surface area contributed by atoms with Crippen LogP contribution in [-0.2, 0) is 21.9 Å². The molecular formula is C14H17FeN2O3S2+. The van der Waals surface area contributed by atoms with Gasteiger partial charge in [0.05, 0.1) is 0 Å². The van der Waals surface area contributed by atoms with Gasteiger partial charge in [0.15, 0.2) is 0 Å². The molecule has 1 aromatic carbocycles. The fraction of sp³-hybridized carbons (Fsp3) is 0.500. The van der Waals surface area contributed by atoms with Gasteiger partial charge in [-0.3, -0.25) is 9.69 Å². The molecule has 0 aromatic heterocycles. The molecule has 2 N–H and O–H groups in total. The molecule has 0 spiro atoms. The number of phenols is 1. The van der Waals surface area contributed by atoms with E-state index >= 15 is 0 Å². The molecule has 0 radical (unpaired) electrons. The number of phenolic OH excluding ortho intramolecular Hbond substituents is 1. The van der Waals surface area contributed by atoms with E-state index in [1.54, 1.807) is 35.7 Å². The van der Waals surface area contributed by atoms with Gasteiger partial charge in [0.2, 0.25) is 0 Å². The maximum Gasteiger partial charge on any atom is 2.00 e. The van der Waals surface area contributed by atoms with Crippen LogP contribution in [0.15, 0.2) is 24.3 Å². The van der Waals surface area contributed by atoms with Crippen LogP contribution in [-0.4, -0.2) is 57.1 Å². The van der Waals surface area contributed by atoms with Crippen molar-refractivity contribution in [2.75, 3.05) is 18.6 Å². The molecule has 4 atom stereocenters. The Kier molecular flexibility index (Phi) is 6.10. The van der Waals surface area contributed by atoms with Crippen molar-refractivity contribution >= 4 is 29.5 Å². The number of thioether (sulfide) groups is 2. The number of hydrogen-bond acceptors (Lipinski definition) is 5. The minimum Gasteiger partial charge on any atom is -0.641 e. The molecule has 0 bridgehead atoms. The Morgan fingerprint density at radius 1 is 1.32 bits per heavy atom. The molecule has 1 aromatic rings. The van der Waals surface area contributed by atoms with Crippen LogP contribution in [0.2, 0.25) is 0 Å². The van der Waals surface area contributed by atoms with Gasteiger partial charge < -0.3 is 15.5 Å². The summed E-state index contributed by atoms with van der Waals surface area (Å²) in [5.74, 6) is 0.965. The molecule has 3 rings (SSSR count). The number of benzene rings is 1. The molecular weight excluding hydrogens is 364 g/mol. The predicted octanol–water partition coefficient (Wildman–Crippen LogP) is 2.34. The van der Waals surface area contributed by atoms with Crippen LogP contribution in [0.1, 0.15) is 10.9 Å². The first-order valence-corrected chi connectivity index (χ1v) is 8.83. The van der Waals surface area contributed by atoms with Crippen LogP contribution in [0.3, 0.4) is 0 Å². The van der Waals surface area contributed by atoms with Gasteiger partial charge >= 0.3 is 23.0 Å². The summed E-state index contributed by atoms with van der Waals surface area (Å²) in [6.07, 6.45) is 0.